The van der Waals surface area contributed by atoms with Crippen LogP contribution in [0.25, 0.3) is 0 Å². The van der Waals surface area contributed by atoms with Crippen LogP contribution >= 0.6 is 0 Å². The van der Waals surface area contributed by atoms with Crippen molar-refractivity contribution in [3.05, 3.63) is 11.8 Å². The standard InChI is InChI=1S/C18H31N5O3/c1-14-10-15(19)23(20-14)11-16(24)22-5-4-18(25,17(2,3)12-22)13-21-6-8-26-9-7-21/h10,25H,4-9,11-13,19H2,1-3H3. The van der Waals surface area contributed by atoms with E-state index >= 15 is 0 Å². The third-order valence-electron chi connectivity index (χ3n) is 5.80. The molecule has 2 saturated heterocycles. The Morgan fingerprint density at radius 3 is 2.62 bits per heavy atom. The molecule has 0 bridgehead atoms. The van der Waals surface area contributed by atoms with E-state index in [4.69, 9.17) is 10.5 Å². The number of hydrogen-bond donors (Lipinski definition) is 2. The molecule has 146 valence electrons. The number of nitrogens with two attached hydrogens (primary N) is 1. The number of hydrogen-bond acceptors (Lipinski definition) is 6. The normalized spacial score (nSPS) is 26.8. The molecule has 3 rings (SSSR count). The molecule has 2 aliphatic heterocycles. The zero-order valence-electron chi connectivity index (χ0n) is 16.1. The smallest absolute Gasteiger partial charge is 0.244 e. The average Bonchev–Trinajstić information content (AvgIpc) is 2.88. The summed E-state index contributed by atoms with van der Waals surface area (Å²) in [6, 6.07) is 1.76. The fourth-order valence-electron chi connectivity index (χ4n) is 3.92. The Morgan fingerprint density at radius 2 is 2.04 bits per heavy atom. The van der Waals surface area contributed by atoms with Crippen molar-refractivity contribution in [2.75, 3.05) is 51.7 Å². The summed E-state index contributed by atoms with van der Waals surface area (Å²) in [6.07, 6.45) is 0.566. The monoisotopic (exact) mass is 365 g/mol. The van der Waals surface area contributed by atoms with Gasteiger partial charge < -0.3 is 20.5 Å². The first-order valence-electron chi connectivity index (χ1n) is 9.30. The van der Waals surface area contributed by atoms with Crippen molar-refractivity contribution in [1.29, 1.82) is 0 Å². The van der Waals surface area contributed by atoms with Gasteiger partial charge in [-0.2, -0.15) is 5.10 Å². The van der Waals surface area contributed by atoms with E-state index in [1.807, 2.05) is 25.7 Å². The van der Waals surface area contributed by atoms with Crippen LogP contribution in [0, 0.1) is 12.3 Å². The number of aromatic nitrogens is 2. The van der Waals surface area contributed by atoms with Crippen LogP contribution < -0.4 is 5.73 Å². The van der Waals surface area contributed by atoms with Crippen molar-refractivity contribution in [2.24, 2.45) is 5.41 Å². The van der Waals surface area contributed by atoms with Crippen molar-refractivity contribution in [3.8, 4) is 0 Å². The van der Waals surface area contributed by atoms with Crippen molar-refractivity contribution < 1.29 is 14.6 Å². The number of likely N-dealkylation sites (tertiary alicyclic amines) is 1. The van der Waals surface area contributed by atoms with Crippen molar-refractivity contribution in [2.45, 2.75) is 39.3 Å². The highest BCUT2D eigenvalue weighted by atomic mass is 16.5. The van der Waals surface area contributed by atoms with Gasteiger partial charge in [0.1, 0.15) is 12.4 Å². The molecule has 0 saturated carbocycles. The number of rotatable bonds is 4. The minimum absolute atomic E-state index is 0.0127. The van der Waals surface area contributed by atoms with Gasteiger partial charge in [0, 0.05) is 44.2 Å². The lowest BCUT2D eigenvalue weighted by molar-refractivity contribution is -0.158. The summed E-state index contributed by atoms with van der Waals surface area (Å²) in [4.78, 5) is 16.8. The van der Waals surface area contributed by atoms with E-state index in [2.05, 4.69) is 10.00 Å². The number of ether oxygens (including phenoxy) is 1. The van der Waals surface area contributed by atoms with Gasteiger partial charge in [0.2, 0.25) is 5.91 Å². The van der Waals surface area contributed by atoms with Crippen LogP contribution in [0.5, 0.6) is 0 Å². The fourth-order valence-corrected chi connectivity index (χ4v) is 3.92. The molecule has 0 radical (unpaired) electrons. The number of aryl methyl sites for hydroxylation is 1. The Labute approximate surface area is 154 Å². The van der Waals surface area contributed by atoms with Crippen LogP contribution in [-0.4, -0.2) is 82.1 Å². The van der Waals surface area contributed by atoms with E-state index in [0.717, 1.165) is 18.8 Å². The van der Waals surface area contributed by atoms with Crippen LogP contribution in [0.3, 0.4) is 0 Å². The minimum atomic E-state index is -0.817. The second kappa shape index (κ2) is 7.17. The Morgan fingerprint density at radius 1 is 1.35 bits per heavy atom. The number of anilines is 1. The largest absolute Gasteiger partial charge is 0.388 e. The van der Waals surface area contributed by atoms with E-state index in [0.29, 0.717) is 45.1 Å². The second-order valence-electron chi connectivity index (χ2n) is 8.24. The molecule has 0 aromatic carbocycles. The topological polar surface area (TPSA) is 96.8 Å². The van der Waals surface area contributed by atoms with Gasteiger partial charge in [-0.05, 0) is 13.3 Å². The number of β-amino-alcohol motifs (C(OH)–C–C–N with tert-alkyl or cyclic N) is 1. The summed E-state index contributed by atoms with van der Waals surface area (Å²) >= 11 is 0. The number of piperidine rings is 1. The Kier molecular flexibility index (Phi) is 5.28. The Hall–Kier alpha value is -1.64. The van der Waals surface area contributed by atoms with E-state index < -0.39 is 11.0 Å². The van der Waals surface area contributed by atoms with Crippen LogP contribution in [0.2, 0.25) is 0 Å². The summed E-state index contributed by atoms with van der Waals surface area (Å²) in [7, 11) is 0. The molecule has 26 heavy (non-hydrogen) atoms. The van der Waals surface area contributed by atoms with Crippen molar-refractivity contribution in [1.82, 2.24) is 19.6 Å². The van der Waals surface area contributed by atoms with E-state index in [1.54, 1.807) is 10.7 Å². The van der Waals surface area contributed by atoms with Crippen LogP contribution in [0.1, 0.15) is 26.0 Å². The predicted octanol–water partition coefficient (Wildman–Crippen LogP) is 0.0955. The molecule has 0 aliphatic carbocycles. The van der Waals surface area contributed by atoms with E-state index in [1.165, 1.54) is 0 Å². The first-order valence-corrected chi connectivity index (χ1v) is 9.30. The maximum absolute atomic E-state index is 12.7. The van der Waals surface area contributed by atoms with Gasteiger partial charge in [0.05, 0.1) is 24.5 Å². The van der Waals surface area contributed by atoms with Crippen LogP contribution in [0.4, 0.5) is 5.82 Å². The molecule has 1 atom stereocenters. The van der Waals surface area contributed by atoms with Crippen LogP contribution in [0.15, 0.2) is 6.07 Å². The summed E-state index contributed by atoms with van der Waals surface area (Å²) in [5, 5.41) is 15.6. The lowest BCUT2D eigenvalue weighted by Gasteiger charge is -2.52. The molecule has 8 nitrogen and oxygen atoms in total. The van der Waals surface area contributed by atoms with Gasteiger partial charge in [0.25, 0.3) is 0 Å². The molecule has 1 amide bonds. The molecule has 3 heterocycles. The van der Waals surface area contributed by atoms with Gasteiger partial charge >= 0.3 is 0 Å². The highest BCUT2D eigenvalue weighted by Gasteiger charge is 2.49. The predicted molar refractivity (Wildman–Crippen MR) is 98.6 cm³/mol. The lowest BCUT2D eigenvalue weighted by Crippen LogP contribution is -2.63. The third kappa shape index (κ3) is 3.87. The summed E-state index contributed by atoms with van der Waals surface area (Å²) < 4.78 is 6.94. The molecule has 1 aromatic heterocycles. The number of carbonyl (C=O) groups excluding carboxylic acids is 1. The SMILES string of the molecule is Cc1cc(N)n(CC(=O)N2CCC(O)(CN3CCOCC3)C(C)(C)C2)n1. The summed E-state index contributed by atoms with van der Waals surface area (Å²) in [5.74, 6) is 0.484. The maximum Gasteiger partial charge on any atom is 0.244 e. The molecular weight excluding hydrogens is 334 g/mol. The van der Waals surface area contributed by atoms with Gasteiger partial charge in [-0.3, -0.25) is 9.69 Å². The van der Waals surface area contributed by atoms with Gasteiger partial charge in [-0.1, -0.05) is 13.8 Å². The average molecular weight is 365 g/mol. The zero-order valence-corrected chi connectivity index (χ0v) is 16.1. The van der Waals surface area contributed by atoms with Gasteiger partial charge in [-0.15, -0.1) is 0 Å². The molecule has 2 fully saturated rings. The molecule has 0 spiro atoms. The van der Waals surface area contributed by atoms with Crippen molar-refractivity contribution in [3.63, 3.8) is 0 Å². The zero-order chi connectivity index (χ0) is 18.9. The number of amides is 1. The van der Waals surface area contributed by atoms with Gasteiger partial charge in [0.15, 0.2) is 0 Å². The summed E-state index contributed by atoms with van der Waals surface area (Å²) in [6.45, 7) is 10.9. The number of carbonyl (C=O) groups is 1. The minimum Gasteiger partial charge on any atom is -0.388 e. The maximum atomic E-state index is 12.7. The Balaban J connectivity index is 1.63. The first-order chi connectivity index (χ1) is 12.2. The highest BCUT2D eigenvalue weighted by Crippen LogP contribution is 2.39. The molecule has 1 aromatic rings. The highest BCUT2D eigenvalue weighted by molar-refractivity contribution is 5.76. The number of nitrogen functional groups attached to an aromatic ring is 1. The van der Waals surface area contributed by atoms with E-state index in [9.17, 15) is 9.90 Å². The number of nitrogens with zero attached hydrogens (tertiary/aromatic N) is 4. The lowest BCUT2D eigenvalue weighted by atomic mass is 9.69. The van der Waals surface area contributed by atoms with E-state index in [-0.39, 0.29) is 12.5 Å². The Bertz CT molecular complexity index is 653. The first kappa shape index (κ1) is 19.1. The molecule has 3 N–H and O–H groups in total. The molecule has 2 aliphatic rings. The molecule has 8 heteroatoms. The number of morpholine rings is 1. The molecule has 1 unspecified atom stereocenters. The third-order valence-corrected chi connectivity index (χ3v) is 5.80. The second-order valence-corrected chi connectivity index (χ2v) is 8.24. The summed E-state index contributed by atoms with van der Waals surface area (Å²) in [5.41, 5.74) is 5.48. The fraction of sp³-hybridized carbons (Fsp3) is 0.778. The molecular formula is C18H31N5O3. The van der Waals surface area contributed by atoms with Crippen molar-refractivity contribution >= 4 is 11.7 Å². The number of aliphatic hydroxyl groups is 1. The van der Waals surface area contributed by atoms with Gasteiger partial charge in [-0.25, -0.2) is 4.68 Å². The van der Waals surface area contributed by atoms with Crippen LogP contribution in [-0.2, 0) is 16.1 Å². The quantitative estimate of drug-likeness (QED) is 0.785.